The van der Waals surface area contributed by atoms with Crippen LogP contribution in [0.25, 0.3) is 0 Å². The highest BCUT2D eigenvalue weighted by Gasteiger charge is 1.94. The first-order valence-corrected chi connectivity index (χ1v) is 3.85. The summed E-state index contributed by atoms with van der Waals surface area (Å²) in [6, 6.07) is 0. The lowest BCUT2D eigenvalue weighted by Crippen LogP contribution is -2.19. The van der Waals surface area contributed by atoms with Crippen molar-refractivity contribution in [1.82, 2.24) is 10.2 Å². The van der Waals surface area contributed by atoms with E-state index in [1.54, 1.807) is 0 Å². The van der Waals surface area contributed by atoms with Crippen LogP contribution >= 0.6 is 11.6 Å². The Labute approximate surface area is 69.5 Å². The zero-order valence-corrected chi connectivity index (χ0v) is 8.37. The van der Waals surface area contributed by atoms with E-state index in [9.17, 15) is 0 Å². The third-order valence-corrected chi connectivity index (χ3v) is 0.755. The molecule has 0 saturated carbocycles. The second-order valence-corrected chi connectivity index (χ2v) is 3.29. The summed E-state index contributed by atoms with van der Waals surface area (Å²) in [5.41, 5.74) is 0. The number of hydrogen-bond donors (Lipinski definition) is 1. The first-order valence-electron chi connectivity index (χ1n) is 3.41. The third-order valence-electron chi connectivity index (χ3n) is 0.617. The molecule has 0 saturated heterocycles. The van der Waals surface area contributed by atoms with E-state index in [2.05, 4.69) is 10.2 Å². The lowest BCUT2D eigenvalue weighted by atomic mass is 10.4. The van der Waals surface area contributed by atoms with E-state index in [1.165, 1.54) is 0 Å². The minimum absolute atomic E-state index is 0.273. The average molecular weight is 167 g/mol. The molecule has 10 heavy (non-hydrogen) atoms. The van der Waals surface area contributed by atoms with Crippen LogP contribution in [0.5, 0.6) is 0 Å². The minimum atomic E-state index is 0.273. The van der Waals surface area contributed by atoms with Gasteiger partial charge in [-0.25, -0.2) is 0 Å². The van der Waals surface area contributed by atoms with Crippen molar-refractivity contribution in [3.8, 4) is 0 Å². The van der Waals surface area contributed by atoms with Crippen LogP contribution in [-0.4, -0.2) is 45.0 Å². The molecule has 1 N–H and O–H groups in total. The summed E-state index contributed by atoms with van der Waals surface area (Å²) < 4.78 is 0. The molecule has 1 unspecified atom stereocenters. The van der Waals surface area contributed by atoms with Gasteiger partial charge in [0.2, 0.25) is 0 Å². The maximum atomic E-state index is 5.63. The average Bonchev–Trinajstić information content (AvgIpc) is 1.62. The largest absolute Gasteiger partial charge is 0.323 e. The number of hydrogen-bond acceptors (Lipinski definition) is 2. The molecule has 64 valence electrons. The van der Waals surface area contributed by atoms with Crippen molar-refractivity contribution in [1.29, 1.82) is 0 Å². The van der Waals surface area contributed by atoms with E-state index < -0.39 is 0 Å². The molecule has 0 radical (unpaired) electrons. The molecule has 0 heterocycles. The SMILES string of the molecule is CC(Cl)CN(C)C.CNC. The van der Waals surface area contributed by atoms with Gasteiger partial charge in [0.25, 0.3) is 0 Å². The predicted octanol–water partition coefficient (Wildman–Crippen LogP) is 1.01. The number of rotatable bonds is 2. The van der Waals surface area contributed by atoms with Crippen LogP contribution in [-0.2, 0) is 0 Å². The maximum absolute atomic E-state index is 5.63. The van der Waals surface area contributed by atoms with Gasteiger partial charge in [0.1, 0.15) is 0 Å². The van der Waals surface area contributed by atoms with Crippen molar-refractivity contribution in [2.24, 2.45) is 0 Å². The first-order chi connectivity index (χ1) is 4.54. The van der Waals surface area contributed by atoms with Gasteiger partial charge in [0.05, 0.1) is 0 Å². The molecular formula is C7H19ClN2. The van der Waals surface area contributed by atoms with Crippen molar-refractivity contribution in [3.05, 3.63) is 0 Å². The normalized spacial score (nSPS) is 12.3. The van der Waals surface area contributed by atoms with Gasteiger partial charge in [-0.2, -0.15) is 0 Å². The van der Waals surface area contributed by atoms with Gasteiger partial charge >= 0.3 is 0 Å². The van der Waals surface area contributed by atoms with Crippen molar-refractivity contribution in [2.45, 2.75) is 12.3 Å². The van der Waals surface area contributed by atoms with Crippen molar-refractivity contribution in [3.63, 3.8) is 0 Å². The van der Waals surface area contributed by atoms with E-state index >= 15 is 0 Å². The topological polar surface area (TPSA) is 15.3 Å². The molecule has 0 aromatic heterocycles. The number of halogens is 1. The molecule has 0 spiro atoms. The molecule has 0 rings (SSSR count). The van der Waals surface area contributed by atoms with Crippen LogP contribution in [0.15, 0.2) is 0 Å². The highest BCUT2D eigenvalue weighted by Crippen LogP contribution is 1.92. The Morgan fingerprint density at radius 3 is 1.70 bits per heavy atom. The maximum Gasteiger partial charge on any atom is 0.0434 e. The fourth-order valence-corrected chi connectivity index (χ4v) is 0.779. The molecule has 2 nitrogen and oxygen atoms in total. The fraction of sp³-hybridized carbons (Fsp3) is 1.00. The van der Waals surface area contributed by atoms with Gasteiger partial charge in [-0.3, -0.25) is 0 Å². The van der Waals surface area contributed by atoms with E-state index in [0.29, 0.717) is 0 Å². The van der Waals surface area contributed by atoms with Crippen molar-refractivity contribution >= 4 is 11.6 Å². The molecule has 0 aromatic rings. The van der Waals surface area contributed by atoms with E-state index in [-0.39, 0.29) is 5.38 Å². The lowest BCUT2D eigenvalue weighted by molar-refractivity contribution is 0.411. The summed E-state index contributed by atoms with van der Waals surface area (Å²) in [6.45, 7) is 2.95. The van der Waals surface area contributed by atoms with Gasteiger partial charge in [-0.15, -0.1) is 11.6 Å². The second-order valence-electron chi connectivity index (χ2n) is 2.54. The zero-order chi connectivity index (χ0) is 8.57. The van der Waals surface area contributed by atoms with Gasteiger partial charge in [0.15, 0.2) is 0 Å². The van der Waals surface area contributed by atoms with Gasteiger partial charge < -0.3 is 10.2 Å². The summed E-state index contributed by atoms with van der Waals surface area (Å²) in [5, 5.41) is 3.02. The van der Waals surface area contributed by atoms with Crippen LogP contribution in [0.1, 0.15) is 6.92 Å². The van der Waals surface area contributed by atoms with Gasteiger partial charge in [-0.1, -0.05) is 0 Å². The third kappa shape index (κ3) is 24.1. The van der Waals surface area contributed by atoms with E-state index in [4.69, 9.17) is 11.6 Å². The Balaban J connectivity index is 0. The van der Waals surface area contributed by atoms with E-state index in [1.807, 2.05) is 35.1 Å². The molecule has 0 aliphatic heterocycles. The van der Waals surface area contributed by atoms with Crippen molar-refractivity contribution in [2.75, 3.05) is 34.7 Å². The van der Waals surface area contributed by atoms with Crippen LogP contribution in [0.4, 0.5) is 0 Å². The van der Waals surface area contributed by atoms with Gasteiger partial charge in [-0.05, 0) is 35.1 Å². The molecular weight excluding hydrogens is 148 g/mol. The Hall–Kier alpha value is 0.210. The fourth-order valence-electron chi connectivity index (χ4n) is 0.503. The molecule has 0 fully saturated rings. The summed E-state index contributed by atoms with van der Waals surface area (Å²) in [6.07, 6.45) is 0. The zero-order valence-electron chi connectivity index (χ0n) is 7.61. The summed E-state index contributed by atoms with van der Waals surface area (Å²) in [5.74, 6) is 0. The molecule has 1 atom stereocenters. The Kier molecular flexibility index (Phi) is 11.8. The van der Waals surface area contributed by atoms with Crippen LogP contribution < -0.4 is 5.32 Å². The smallest absolute Gasteiger partial charge is 0.0434 e. The second kappa shape index (κ2) is 9.21. The molecule has 0 amide bonds. The highest BCUT2D eigenvalue weighted by atomic mass is 35.5. The first kappa shape index (κ1) is 12.8. The Morgan fingerprint density at radius 2 is 1.70 bits per heavy atom. The Bertz CT molecular complexity index is 49.6. The molecule has 0 aromatic carbocycles. The Morgan fingerprint density at radius 1 is 1.40 bits per heavy atom. The minimum Gasteiger partial charge on any atom is -0.323 e. The summed E-state index contributed by atoms with van der Waals surface area (Å²) >= 11 is 5.63. The standard InChI is InChI=1S/C5H12ClN.C2H7N/c1-5(6)4-7(2)3;1-3-2/h5H,4H2,1-3H3;3H,1-2H3. The van der Waals surface area contributed by atoms with Gasteiger partial charge in [0, 0.05) is 11.9 Å². The lowest BCUT2D eigenvalue weighted by Gasteiger charge is -2.09. The molecule has 3 heteroatoms. The quantitative estimate of drug-likeness (QED) is 0.617. The highest BCUT2D eigenvalue weighted by molar-refractivity contribution is 6.20. The van der Waals surface area contributed by atoms with Crippen LogP contribution in [0, 0.1) is 0 Å². The predicted molar refractivity (Wildman–Crippen MR) is 48.9 cm³/mol. The molecule has 0 bridgehead atoms. The van der Waals surface area contributed by atoms with Crippen molar-refractivity contribution < 1.29 is 0 Å². The summed E-state index contributed by atoms with van der Waals surface area (Å²) in [7, 11) is 7.78. The number of alkyl halides is 1. The molecule has 0 aliphatic rings. The molecule has 0 aliphatic carbocycles. The van der Waals surface area contributed by atoms with Crippen LogP contribution in [0.3, 0.4) is 0 Å². The summed E-state index contributed by atoms with van der Waals surface area (Å²) in [4.78, 5) is 2.07. The van der Waals surface area contributed by atoms with Crippen LogP contribution in [0.2, 0.25) is 0 Å². The number of nitrogens with one attached hydrogen (secondary N) is 1. The van der Waals surface area contributed by atoms with E-state index in [0.717, 1.165) is 6.54 Å². The number of nitrogens with zero attached hydrogens (tertiary/aromatic N) is 1. The monoisotopic (exact) mass is 166 g/mol.